The van der Waals surface area contributed by atoms with Crippen molar-refractivity contribution in [2.24, 2.45) is 0 Å². The molecule has 0 spiro atoms. The summed E-state index contributed by atoms with van der Waals surface area (Å²) in [6.07, 6.45) is -4.31. The molecule has 94 valence electrons. The summed E-state index contributed by atoms with van der Waals surface area (Å²) in [4.78, 5) is 4.21. The minimum Gasteiger partial charge on any atom is -0.258 e. The molecule has 1 aromatic heterocycles. The van der Waals surface area contributed by atoms with Gasteiger partial charge in [0, 0.05) is 11.4 Å². The fourth-order valence-corrected chi connectivity index (χ4v) is 1.88. The van der Waals surface area contributed by atoms with Crippen LogP contribution in [0.5, 0.6) is 0 Å². The van der Waals surface area contributed by atoms with Crippen LogP contribution in [0.3, 0.4) is 0 Å². The minimum atomic E-state index is -4.31. The zero-order valence-corrected chi connectivity index (χ0v) is 10.0. The Hall–Kier alpha value is -1.84. The SMILES string of the molecule is Cc1cc(-c2cccc(C(F)(F)F)c2)cc(C)n1. The zero-order chi connectivity index (χ0) is 13.3. The third kappa shape index (κ3) is 2.70. The Balaban J connectivity index is 2.51. The van der Waals surface area contributed by atoms with Crippen molar-refractivity contribution in [3.63, 3.8) is 0 Å². The van der Waals surface area contributed by atoms with Crippen LogP contribution in [0.25, 0.3) is 11.1 Å². The Morgan fingerprint density at radius 2 is 1.50 bits per heavy atom. The lowest BCUT2D eigenvalue weighted by Gasteiger charge is -2.09. The van der Waals surface area contributed by atoms with Crippen LogP contribution >= 0.6 is 0 Å². The molecule has 0 saturated heterocycles. The van der Waals surface area contributed by atoms with Gasteiger partial charge in [-0.05, 0) is 49.2 Å². The highest BCUT2D eigenvalue weighted by atomic mass is 19.4. The fraction of sp³-hybridized carbons (Fsp3) is 0.214. The molecule has 0 amide bonds. The van der Waals surface area contributed by atoms with Crippen molar-refractivity contribution in [2.45, 2.75) is 20.0 Å². The molecule has 0 saturated carbocycles. The third-order valence-corrected chi connectivity index (χ3v) is 2.60. The molecule has 0 aliphatic heterocycles. The topological polar surface area (TPSA) is 12.9 Å². The van der Waals surface area contributed by atoms with E-state index in [1.54, 1.807) is 18.2 Å². The van der Waals surface area contributed by atoms with Crippen molar-refractivity contribution in [1.82, 2.24) is 4.98 Å². The van der Waals surface area contributed by atoms with Gasteiger partial charge in [-0.2, -0.15) is 13.2 Å². The van der Waals surface area contributed by atoms with Gasteiger partial charge in [0.25, 0.3) is 0 Å². The molecule has 0 fully saturated rings. The zero-order valence-electron chi connectivity index (χ0n) is 10.0. The first-order valence-corrected chi connectivity index (χ1v) is 5.49. The number of aromatic nitrogens is 1. The van der Waals surface area contributed by atoms with Crippen LogP contribution in [-0.4, -0.2) is 4.98 Å². The predicted octanol–water partition coefficient (Wildman–Crippen LogP) is 4.38. The standard InChI is InChI=1S/C14H12F3N/c1-9-6-12(7-10(2)18-9)11-4-3-5-13(8-11)14(15,16)17/h3-8H,1-2H3. The maximum absolute atomic E-state index is 12.6. The number of aryl methyl sites for hydroxylation is 2. The van der Waals surface area contributed by atoms with E-state index >= 15 is 0 Å². The van der Waals surface area contributed by atoms with Gasteiger partial charge in [0.2, 0.25) is 0 Å². The first-order chi connectivity index (χ1) is 8.36. The lowest BCUT2D eigenvalue weighted by molar-refractivity contribution is -0.137. The van der Waals surface area contributed by atoms with Crippen LogP contribution in [0.15, 0.2) is 36.4 Å². The maximum Gasteiger partial charge on any atom is 0.416 e. The number of hydrogen-bond donors (Lipinski definition) is 0. The smallest absolute Gasteiger partial charge is 0.258 e. The average Bonchev–Trinajstić information content (AvgIpc) is 2.27. The van der Waals surface area contributed by atoms with Gasteiger partial charge in [-0.15, -0.1) is 0 Å². The van der Waals surface area contributed by atoms with Gasteiger partial charge >= 0.3 is 6.18 Å². The lowest BCUT2D eigenvalue weighted by Crippen LogP contribution is -2.04. The van der Waals surface area contributed by atoms with Gasteiger partial charge < -0.3 is 0 Å². The van der Waals surface area contributed by atoms with Gasteiger partial charge in [0.1, 0.15) is 0 Å². The molecule has 0 aliphatic carbocycles. The summed E-state index contributed by atoms with van der Waals surface area (Å²) in [7, 11) is 0. The summed E-state index contributed by atoms with van der Waals surface area (Å²) in [6, 6.07) is 8.89. The van der Waals surface area contributed by atoms with E-state index in [2.05, 4.69) is 4.98 Å². The predicted molar refractivity (Wildman–Crippen MR) is 64.1 cm³/mol. The number of nitrogens with zero attached hydrogens (tertiary/aromatic N) is 1. The summed E-state index contributed by atoms with van der Waals surface area (Å²) < 4.78 is 37.9. The van der Waals surface area contributed by atoms with E-state index in [4.69, 9.17) is 0 Å². The van der Waals surface area contributed by atoms with Gasteiger partial charge in [-0.1, -0.05) is 12.1 Å². The number of hydrogen-bond acceptors (Lipinski definition) is 1. The van der Waals surface area contributed by atoms with Crippen molar-refractivity contribution in [3.05, 3.63) is 53.3 Å². The highest BCUT2D eigenvalue weighted by Gasteiger charge is 2.30. The van der Waals surface area contributed by atoms with Crippen LogP contribution in [0.1, 0.15) is 17.0 Å². The molecule has 0 N–H and O–H groups in total. The highest BCUT2D eigenvalue weighted by Crippen LogP contribution is 2.32. The van der Waals surface area contributed by atoms with E-state index in [-0.39, 0.29) is 0 Å². The molecule has 4 heteroatoms. The second kappa shape index (κ2) is 4.44. The van der Waals surface area contributed by atoms with Crippen molar-refractivity contribution >= 4 is 0 Å². The van der Waals surface area contributed by atoms with Gasteiger partial charge in [0.05, 0.1) is 5.56 Å². The molecule has 1 heterocycles. The van der Waals surface area contributed by atoms with Crippen molar-refractivity contribution in [1.29, 1.82) is 0 Å². The fourth-order valence-electron chi connectivity index (χ4n) is 1.88. The van der Waals surface area contributed by atoms with Gasteiger partial charge in [-0.3, -0.25) is 4.98 Å². The van der Waals surface area contributed by atoms with Crippen molar-refractivity contribution in [2.75, 3.05) is 0 Å². The molecule has 1 nitrogen and oxygen atoms in total. The van der Waals surface area contributed by atoms with Gasteiger partial charge in [0.15, 0.2) is 0 Å². The van der Waals surface area contributed by atoms with Crippen molar-refractivity contribution < 1.29 is 13.2 Å². The average molecular weight is 251 g/mol. The van der Waals surface area contributed by atoms with E-state index in [1.807, 2.05) is 13.8 Å². The molecule has 18 heavy (non-hydrogen) atoms. The molecule has 0 bridgehead atoms. The second-order valence-corrected chi connectivity index (χ2v) is 4.22. The Kier molecular flexibility index (Phi) is 3.11. The summed E-state index contributed by atoms with van der Waals surface area (Å²) in [6.45, 7) is 3.65. The maximum atomic E-state index is 12.6. The summed E-state index contributed by atoms with van der Waals surface area (Å²) >= 11 is 0. The molecular formula is C14H12F3N. The molecule has 2 rings (SSSR count). The molecule has 0 unspecified atom stereocenters. The van der Waals surface area contributed by atoms with Gasteiger partial charge in [-0.25, -0.2) is 0 Å². The molecule has 0 atom stereocenters. The lowest BCUT2D eigenvalue weighted by atomic mass is 10.0. The largest absolute Gasteiger partial charge is 0.416 e. The van der Waals surface area contributed by atoms with Crippen LogP contribution in [0.4, 0.5) is 13.2 Å². The second-order valence-electron chi connectivity index (χ2n) is 4.22. The van der Waals surface area contributed by atoms with E-state index in [9.17, 15) is 13.2 Å². The number of halogens is 3. The van der Waals surface area contributed by atoms with E-state index in [0.717, 1.165) is 29.1 Å². The van der Waals surface area contributed by atoms with Crippen molar-refractivity contribution in [3.8, 4) is 11.1 Å². The van der Waals surface area contributed by atoms with Crippen LogP contribution in [-0.2, 0) is 6.18 Å². The quantitative estimate of drug-likeness (QED) is 0.732. The van der Waals surface area contributed by atoms with Crippen LogP contribution in [0, 0.1) is 13.8 Å². The number of benzene rings is 1. The Labute approximate surface area is 103 Å². The highest BCUT2D eigenvalue weighted by molar-refractivity contribution is 5.65. The summed E-state index contributed by atoms with van der Waals surface area (Å²) in [5, 5.41) is 0. The Bertz CT molecular complexity index is 553. The normalized spacial score (nSPS) is 11.6. The molecule has 0 aliphatic rings. The van der Waals surface area contributed by atoms with Crippen LogP contribution in [0.2, 0.25) is 0 Å². The number of pyridine rings is 1. The first kappa shape index (κ1) is 12.6. The third-order valence-electron chi connectivity index (χ3n) is 2.60. The summed E-state index contributed by atoms with van der Waals surface area (Å²) in [5.74, 6) is 0. The van der Waals surface area contributed by atoms with Crippen LogP contribution < -0.4 is 0 Å². The van der Waals surface area contributed by atoms with E-state index in [1.165, 1.54) is 6.07 Å². The molecular weight excluding hydrogens is 239 g/mol. The van der Waals surface area contributed by atoms with E-state index < -0.39 is 11.7 Å². The summed E-state index contributed by atoms with van der Waals surface area (Å²) in [5.41, 5.74) is 2.27. The van der Waals surface area contributed by atoms with E-state index in [0.29, 0.717) is 5.56 Å². The molecule has 2 aromatic rings. The monoisotopic (exact) mass is 251 g/mol. The number of rotatable bonds is 1. The number of alkyl halides is 3. The first-order valence-electron chi connectivity index (χ1n) is 5.49. The molecule has 1 aromatic carbocycles. The Morgan fingerprint density at radius 1 is 0.889 bits per heavy atom. The minimum absolute atomic E-state index is 0.554. The Morgan fingerprint density at radius 3 is 2.06 bits per heavy atom. The molecule has 0 radical (unpaired) electrons.